The number of benzene rings is 3. The minimum atomic E-state index is -0.290. The lowest BCUT2D eigenvalue weighted by Gasteiger charge is -2.43. The Labute approximate surface area is 205 Å². The summed E-state index contributed by atoms with van der Waals surface area (Å²) < 4.78 is 5.20. The molecule has 3 aromatic carbocycles. The van der Waals surface area contributed by atoms with Gasteiger partial charge in [-0.1, -0.05) is 64.1 Å². The van der Waals surface area contributed by atoms with Crippen molar-refractivity contribution in [2.24, 2.45) is 0 Å². The van der Waals surface area contributed by atoms with Gasteiger partial charge in [-0.3, -0.25) is 4.79 Å². The molecule has 1 heterocycles. The lowest BCUT2D eigenvalue weighted by molar-refractivity contribution is -0.131. The lowest BCUT2D eigenvalue weighted by Crippen LogP contribution is -2.34. The van der Waals surface area contributed by atoms with Crippen molar-refractivity contribution < 1.29 is 9.53 Å². The van der Waals surface area contributed by atoms with Crippen molar-refractivity contribution >= 4 is 40.3 Å². The quantitative estimate of drug-likeness (QED) is 0.285. The first kappa shape index (κ1) is 22.9. The Kier molecular flexibility index (Phi) is 5.61. The molecule has 0 atom stereocenters. The van der Waals surface area contributed by atoms with E-state index in [1.165, 1.54) is 47.4 Å². The van der Waals surface area contributed by atoms with Gasteiger partial charge in [-0.2, -0.15) is 0 Å². The average Bonchev–Trinajstić information content (AvgIpc) is 3.27. The largest absolute Gasteiger partial charge is 0.427 e. The van der Waals surface area contributed by atoms with Crippen LogP contribution < -0.4 is 4.74 Å². The van der Waals surface area contributed by atoms with Gasteiger partial charge in [0, 0.05) is 18.4 Å². The fraction of sp³-hybridized carbons (Fsp3) is 0.414. The summed E-state index contributed by atoms with van der Waals surface area (Å²) in [4.78, 5) is 11.3. The van der Waals surface area contributed by atoms with Crippen LogP contribution in [0.3, 0.4) is 0 Å². The molecule has 0 radical (unpaired) electrons. The third kappa shape index (κ3) is 4.00. The summed E-state index contributed by atoms with van der Waals surface area (Å²) in [5.41, 5.74) is 6.23. The van der Waals surface area contributed by atoms with E-state index in [1.807, 2.05) is 12.1 Å². The van der Waals surface area contributed by atoms with E-state index in [4.69, 9.17) is 4.74 Å². The van der Waals surface area contributed by atoms with Gasteiger partial charge in [0.25, 0.3) is 0 Å². The molecular formula is C29H32O2S2. The molecule has 1 saturated heterocycles. The summed E-state index contributed by atoms with van der Waals surface area (Å²) >= 11 is 4.12. The SMILES string of the molecule is CC(=O)Oc1ccc2cc(C3(c4ccc5c(c4)C(C)(C)CCC5(C)C)SCCS3)ccc2c1. The van der Waals surface area contributed by atoms with Crippen LogP contribution in [0.5, 0.6) is 5.75 Å². The predicted octanol–water partition coefficient (Wildman–Crippen LogP) is 7.80. The molecule has 0 amide bonds. The fourth-order valence-corrected chi connectivity index (χ4v) is 8.61. The number of hydrogen-bond acceptors (Lipinski definition) is 4. The van der Waals surface area contributed by atoms with Gasteiger partial charge in [0.05, 0.1) is 0 Å². The van der Waals surface area contributed by atoms with Crippen molar-refractivity contribution in [3.8, 4) is 5.75 Å². The fourth-order valence-electron chi connectivity index (χ4n) is 5.36. The Morgan fingerprint density at radius 1 is 0.758 bits per heavy atom. The molecular weight excluding hydrogens is 444 g/mol. The molecule has 3 aromatic rings. The van der Waals surface area contributed by atoms with E-state index in [1.54, 1.807) is 0 Å². The van der Waals surface area contributed by atoms with Crippen molar-refractivity contribution in [2.45, 2.75) is 62.4 Å². The highest BCUT2D eigenvalue weighted by molar-refractivity contribution is 8.20. The maximum atomic E-state index is 11.3. The summed E-state index contributed by atoms with van der Waals surface area (Å²) in [5, 5.41) is 2.27. The maximum Gasteiger partial charge on any atom is 0.308 e. The Morgan fingerprint density at radius 3 is 2.03 bits per heavy atom. The summed E-state index contributed by atoms with van der Waals surface area (Å²) in [6.07, 6.45) is 2.46. The van der Waals surface area contributed by atoms with Gasteiger partial charge in [-0.05, 0) is 74.9 Å². The zero-order valence-electron chi connectivity index (χ0n) is 20.2. The maximum absolute atomic E-state index is 11.3. The molecule has 5 rings (SSSR count). The number of carbonyl (C=O) groups excluding carboxylic acids is 1. The second-order valence-corrected chi connectivity index (χ2v) is 13.5. The number of ether oxygens (including phenoxy) is 1. The van der Waals surface area contributed by atoms with Crippen LogP contribution in [0.25, 0.3) is 10.8 Å². The first-order chi connectivity index (χ1) is 15.6. The zero-order chi connectivity index (χ0) is 23.4. The molecule has 0 N–H and O–H groups in total. The first-order valence-corrected chi connectivity index (χ1v) is 13.7. The van der Waals surface area contributed by atoms with Crippen molar-refractivity contribution in [3.63, 3.8) is 0 Å². The zero-order valence-corrected chi connectivity index (χ0v) is 21.8. The normalized spacial score (nSPS) is 20.4. The highest BCUT2D eigenvalue weighted by Crippen LogP contribution is 2.58. The molecule has 4 heteroatoms. The van der Waals surface area contributed by atoms with E-state index >= 15 is 0 Å². The molecule has 1 aliphatic carbocycles. The molecule has 33 heavy (non-hydrogen) atoms. The van der Waals surface area contributed by atoms with Gasteiger partial charge >= 0.3 is 5.97 Å². The topological polar surface area (TPSA) is 26.3 Å². The van der Waals surface area contributed by atoms with Crippen LogP contribution in [0.1, 0.15) is 69.7 Å². The second kappa shape index (κ2) is 8.09. The molecule has 0 saturated carbocycles. The van der Waals surface area contributed by atoms with Crippen molar-refractivity contribution in [3.05, 3.63) is 76.9 Å². The first-order valence-electron chi connectivity index (χ1n) is 11.8. The summed E-state index contributed by atoms with van der Waals surface area (Å²) in [6, 6.07) is 20.0. The minimum absolute atomic E-state index is 0.0879. The molecule has 0 bridgehead atoms. The Balaban J connectivity index is 1.61. The standard InChI is InChI=1S/C29H32O2S2/c1-19(30)31-24-10-7-20-16-22(8-6-21(20)17-24)29(32-14-15-33-29)23-9-11-25-26(18-23)28(4,5)13-12-27(25,2)3/h6-11,16-18H,12-15H2,1-5H3. The van der Waals surface area contributed by atoms with E-state index < -0.39 is 0 Å². The van der Waals surface area contributed by atoms with Crippen LogP contribution in [0.4, 0.5) is 0 Å². The van der Waals surface area contributed by atoms with Gasteiger partial charge in [-0.15, -0.1) is 23.5 Å². The third-order valence-corrected chi connectivity index (χ3v) is 10.9. The van der Waals surface area contributed by atoms with E-state index in [-0.39, 0.29) is 20.9 Å². The monoisotopic (exact) mass is 476 g/mol. The Bertz CT molecular complexity index is 1240. The van der Waals surface area contributed by atoms with Gasteiger partial charge in [0.1, 0.15) is 9.83 Å². The van der Waals surface area contributed by atoms with Crippen LogP contribution in [0.2, 0.25) is 0 Å². The van der Waals surface area contributed by atoms with E-state index in [0.717, 1.165) is 16.9 Å². The van der Waals surface area contributed by atoms with E-state index in [0.29, 0.717) is 5.75 Å². The highest BCUT2D eigenvalue weighted by atomic mass is 32.2. The molecule has 2 nitrogen and oxygen atoms in total. The molecule has 2 aliphatic rings. The highest BCUT2D eigenvalue weighted by Gasteiger charge is 2.42. The number of thioether (sulfide) groups is 2. The van der Waals surface area contributed by atoms with Gasteiger partial charge in [-0.25, -0.2) is 0 Å². The Hall–Kier alpha value is -1.91. The Morgan fingerprint density at radius 2 is 1.33 bits per heavy atom. The number of rotatable bonds is 3. The number of fused-ring (bicyclic) bond motifs is 2. The summed E-state index contributed by atoms with van der Waals surface area (Å²) in [6.45, 7) is 11.0. The lowest BCUT2D eigenvalue weighted by atomic mass is 9.63. The molecule has 1 fully saturated rings. The van der Waals surface area contributed by atoms with Crippen molar-refractivity contribution in [1.29, 1.82) is 0 Å². The van der Waals surface area contributed by atoms with Crippen LogP contribution in [-0.4, -0.2) is 17.5 Å². The number of carbonyl (C=O) groups is 1. The number of esters is 1. The van der Waals surface area contributed by atoms with Crippen molar-refractivity contribution in [1.82, 2.24) is 0 Å². The van der Waals surface area contributed by atoms with Crippen molar-refractivity contribution in [2.75, 3.05) is 11.5 Å². The van der Waals surface area contributed by atoms with E-state index in [9.17, 15) is 4.79 Å². The van der Waals surface area contributed by atoms with Gasteiger partial charge in [0.2, 0.25) is 0 Å². The smallest absolute Gasteiger partial charge is 0.308 e. The predicted molar refractivity (Wildman–Crippen MR) is 143 cm³/mol. The summed E-state index contributed by atoms with van der Waals surface area (Å²) in [7, 11) is 0. The molecule has 0 spiro atoms. The summed E-state index contributed by atoms with van der Waals surface area (Å²) in [5.74, 6) is 2.61. The second-order valence-electron chi connectivity index (χ2n) is 10.7. The molecule has 1 aliphatic heterocycles. The molecule has 172 valence electrons. The third-order valence-electron chi connectivity index (χ3n) is 7.38. The number of hydrogen-bond donors (Lipinski definition) is 0. The van der Waals surface area contributed by atoms with Gasteiger partial charge < -0.3 is 4.74 Å². The molecule has 0 aromatic heterocycles. The van der Waals surface area contributed by atoms with Crippen LogP contribution in [-0.2, 0) is 19.7 Å². The van der Waals surface area contributed by atoms with Crippen LogP contribution >= 0.6 is 23.5 Å². The van der Waals surface area contributed by atoms with Crippen LogP contribution in [0, 0.1) is 0 Å². The average molecular weight is 477 g/mol. The van der Waals surface area contributed by atoms with E-state index in [2.05, 4.69) is 93.7 Å². The van der Waals surface area contributed by atoms with Crippen LogP contribution in [0.15, 0.2) is 54.6 Å². The molecule has 0 unspecified atom stereocenters. The minimum Gasteiger partial charge on any atom is -0.427 e. The van der Waals surface area contributed by atoms with Gasteiger partial charge in [0.15, 0.2) is 0 Å².